The number of para-hydroxylation sites is 1. The molecular formula is C30H33N5O4S. The summed E-state index contributed by atoms with van der Waals surface area (Å²) in [6, 6.07) is 16.9. The van der Waals surface area contributed by atoms with Gasteiger partial charge in [0.2, 0.25) is 0 Å². The highest BCUT2D eigenvalue weighted by molar-refractivity contribution is 8.00. The lowest BCUT2D eigenvalue weighted by Gasteiger charge is -2.41. The van der Waals surface area contributed by atoms with E-state index in [4.69, 9.17) is 9.47 Å². The Balaban J connectivity index is 1.21. The molecule has 3 aromatic rings. The lowest BCUT2D eigenvalue weighted by molar-refractivity contribution is 0.0128. The number of rotatable bonds is 4. The number of nitrogens with zero attached hydrogens (tertiary/aromatic N) is 4. The zero-order valence-electron chi connectivity index (χ0n) is 23.1. The van der Waals surface area contributed by atoms with Gasteiger partial charge in [0.25, 0.3) is 0 Å². The second-order valence-electron chi connectivity index (χ2n) is 11.2. The number of hydrogen-bond acceptors (Lipinski definition) is 7. The summed E-state index contributed by atoms with van der Waals surface area (Å²) in [4.78, 5) is 36.7. The number of carbonyl (C=O) groups is 2. The molecule has 0 bridgehead atoms. The van der Waals surface area contributed by atoms with Crippen LogP contribution in [-0.2, 0) is 4.74 Å². The lowest BCUT2D eigenvalue weighted by atomic mass is 10.0. The molecule has 2 atom stereocenters. The summed E-state index contributed by atoms with van der Waals surface area (Å²) >= 11 is 1.68. The normalized spacial score (nSPS) is 20.6. The van der Waals surface area contributed by atoms with Gasteiger partial charge < -0.3 is 19.7 Å². The van der Waals surface area contributed by atoms with E-state index in [0.29, 0.717) is 31.9 Å². The molecule has 0 radical (unpaired) electrons. The minimum Gasteiger partial charge on any atom is -0.457 e. The van der Waals surface area contributed by atoms with Crippen LogP contribution in [-0.4, -0.2) is 64.1 Å². The zero-order valence-corrected chi connectivity index (χ0v) is 23.9. The highest BCUT2D eigenvalue weighted by Gasteiger charge is 2.46. The van der Waals surface area contributed by atoms with Crippen molar-refractivity contribution in [3.8, 4) is 11.5 Å². The monoisotopic (exact) mass is 559 g/mol. The van der Waals surface area contributed by atoms with Gasteiger partial charge in [0.15, 0.2) is 0 Å². The van der Waals surface area contributed by atoms with Gasteiger partial charge in [0.05, 0.1) is 22.8 Å². The number of anilines is 2. The molecular weight excluding hydrogens is 526 g/mol. The van der Waals surface area contributed by atoms with E-state index < -0.39 is 5.60 Å². The fourth-order valence-electron chi connectivity index (χ4n) is 5.38. The molecule has 0 spiro atoms. The number of carbonyl (C=O) groups excluding carboxylic acids is 2. The van der Waals surface area contributed by atoms with Crippen molar-refractivity contribution in [2.45, 2.75) is 49.7 Å². The van der Waals surface area contributed by atoms with E-state index in [0.717, 1.165) is 33.3 Å². The van der Waals surface area contributed by atoms with E-state index in [2.05, 4.69) is 15.2 Å². The SMILES string of the molecule is Cc1cc(Oc2ccccc2)ccc1N1C(=O)NC2c3c1ccnc3SC2N1CCN(C(=O)OC(C)(C)C)CC1. The number of aromatic nitrogens is 1. The summed E-state index contributed by atoms with van der Waals surface area (Å²) in [5, 5.41) is 4.19. The Bertz CT molecular complexity index is 1440. The van der Waals surface area contributed by atoms with Gasteiger partial charge in [-0.1, -0.05) is 30.0 Å². The highest BCUT2D eigenvalue weighted by Crippen LogP contribution is 2.52. The van der Waals surface area contributed by atoms with Crippen molar-refractivity contribution >= 4 is 35.3 Å². The van der Waals surface area contributed by atoms with Gasteiger partial charge in [-0.3, -0.25) is 9.80 Å². The molecule has 0 aliphatic carbocycles. The molecule has 1 saturated heterocycles. The number of benzene rings is 2. The van der Waals surface area contributed by atoms with Crippen molar-refractivity contribution in [3.63, 3.8) is 0 Å². The van der Waals surface area contributed by atoms with Crippen LogP contribution in [0.2, 0.25) is 0 Å². The predicted molar refractivity (Wildman–Crippen MR) is 154 cm³/mol. The van der Waals surface area contributed by atoms with E-state index >= 15 is 0 Å². The van der Waals surface area contributed by atoms with Crippen LogP contribution < -0.4 is 15.0 Å². The number of ether oxygens (including phenoxy) is 2. The maximum Gasteiger partial charge on any atom is 0.410 e. The summed E-state index contributed by atoms with van der Waals surface area (Å²) in [5.41, 5.74) is 3.08. The molecule has 3 aliphatic rings. The van der Waals surface area contributed by atoms with Gasteiger partial charge in [0.1, 0.15) is 22.1 Å². The van der Waals surface area contributed by atoms with Gasteiger partial charge in [-0.15, -0.1) is 0 Å². The third-order valence-corrected chi connectivity index (χ3v) is 8.56. The van der Waals surface area contributed by atoms with Crippen LogP contribution in [0.5, 0.6) is 11.5 Å². The Kier molecular flexibility index (Phi) is 6.83. The average Bonchev–Trinajstić information content (AvgIpc) is 3.29. The first-order valence-electron chi connectivity index (χ1n) is 13.5. The maximum absolute atomic E-state index is 13.6. The number of nitrogens with one attached hydrogen (secondary N) is 1. The molecule has 10 heteroatoms. The number of piperazine rings is 1. The van der Waals surface area contributed by atoms with E-state index in [1.807, 2.05) is 82.3 Å². The first-order chi connectivity index (χ1) is 19.2. The first kappa shape index (κ1) is 26.5. The van der Waals surface area contributed by atoms with Crippen molar-refractivity contribution in [3.05, 3.63) is 71.9 Å². The molecule has 1 fully saturated rings. The fraction of sp³-hybridized carbons (Fsp3) is 0.367. The van der Waals surface area contributed by atoms with Crippen molar-refractivity contribution in [1.82, 2.24) is 20.1 Å². The Morgan fingerprint density at radius 1 is 1.00 bits per heavy atom. The van der Waals surface area contributed by atoms with Crippen molar-refractivity contribution < 1.29 is 19.1 Å². The highest BCUT2D eigenvalue weighted by atomic mass is 32.2. The standard InChI is InChI=1S/C30H33N5O4S/c1-19-18-21(38-20-8-6-5-7-9-20)10-11-22(19)35-23-12-13-31-26-24(23)25(32-28(35)36)27(40-26)33-14-16-34(17-15-33)29(37)39-30(2,3)4/h5-13,18,25,27H,14-17H2,1-4H3,(H,32,36). The molecule has 0 saturated carbocycles. The van der Waals surface area contributed by atoms with Crippen LogP contribution in [0.4, 0.5) is 21.0 Å². The van der Waals surface area contributed by atoms with Gasteiger partial charge in [-0.25, -0.2) is 14.6 Å². The van der Waals surface area contributed by atoms with E-state index in [1.165, 1.54) is 0 Å². The number of hydrogen-bond donors (Lipinski definition) is 1. The van der Waals surface area contributed by atoms with Gasteiger partial charge >= 0.3 is 12.1 Å². The second kappa shape index (κ2) is 10.3. The molecule has 3 aliphatic heterocycles. The minimum absolute atomic E-state index is 0.00159. The predicted octanol–water partition coefficient (Wildman–Crippen LogP) is 6.07. The molecule has 2 aromatic carbocycles. The minimum atomic E-state index is -0.523. The molecule has 208 valence electrons. The molecule has 2 unspecified atom stereocenters. The van der Waals surface area contributed by atoms with Crippen molar-refractivity contribution in [1.29, 1.82) is 0 Å². The van der Waals surface area contributed by atoms with Gasteiger partial charge in [-0.2, -0.15) is 0 Å². The van der Waals surface area contributed by atoms with Gasteiger partial charge in [0, 0.05) is 37.9 Å². The van der Waals surface area contributed by atoms with E-state index in [-0.39, 0.29) is 23.5 Å². The smallest absolute Gasteiger partial charge is 0.410 e. The third kappa shape index (κ3) is 5.09. The van der Waals surface area contributed by atoms with Crippen LogP contribution in [0.25, 0.3) is 0 Å². The molecule has 9 nitrogen and oxygen atoms in total. The average molecular weight is 560 g/mol. The van der Waals surface area contributed by atoms with E-state index in [9.17, 15) is 9.59 Å². The Labute approximate surface area is 238 Å². The zero-order chi connectivity index (χ0) is 28.0. The second-order valence-corrected chi connectivity index (χ2v) is 12.3. The molecule has 6 rings (SSSR count). The van der Waals surface area contributed by atoms with Crippen molar-refractivity contribution in [2.75, 3.05) is 31.1 Å². The Hall–Kier alpha value is -3.76. The summed E-state index contributed by atoms with van der Waals surface area (Å²) in [5.74, 6) is 1.47. The first-order valence-corrected chi connectivity index (χ1v) is 14.4. The molecule has 1 N–H and O–H groups in total. The van der Waals surface area contributed by atoms with Crippen LogP contribution in [0.15, 0.2) is 65.8 Å². The van der Waals surface area contributed by atoms with Crippen LogP contribution in [0.1, 0.15) is 37.9 Å². The Morgan fingerprint density at radius 2 is 1.75 bits per heavy atom. The summed E-state index contributed by atoms with van der Waals surface area (Å²) in [6.07, 6.45) is 1.49. The number of aryl methyl sites for hydroxylation is 1. The largest absolute Gasteiger partial charge is 0.457 e. The number of urea groups is 1. The molecule has 3 amide bonds. The number of pyridine rings is 1. The fourth-order valence-corrected chi connectivity index (χ4v) is 6.79. The number of thioether (sulfide) groups is 1. The maximum atomic E-state index is 13.6. The topological polar surface area (TPSA) is 87.2 Å². The summed E-state index contributed by atoms with van der Waals surface area (Å²) in [6.45, 7) is 10.1. The molecule has 40 heavy (non-hydrogen) atoms. The van der Waals surface area contributed by atoms with E-state index in [1.54, 1.807) is 27.8 Å². The lowest BCUT2D eigenvalue weighted by Crippen LogP contribution is -2.55. The van der Waals surface area contributed by atoms with Gasteiger partial charge in [-0.05, 0) is 69.7 Å². The quantitative estimate of drug-likeness (QED) is 0.415. The third-order valence-electron chi connectivity index (χ3n) is 7.20. The Morgan fingerprint density at radius 3 is 2.45 bits per heavy atom. The summed E-state index contributed by atoms with van der Waals surface area (Å²) in [7, 11) is 0. The van der Waals surface area contributed by atoms with Crippen LogP contribution in [0.3, 0.4) is 0 Å². The van der Waals surface area contributed by atoms with Crippen molar-refractivity contribution in [2.24, 2.45) is 0 Å². The molecule has 4 heterocycles. The van der Waals surface area contributed by atoms with Crippen LogP contribution in [0, 0.1) is 6.92 Å². The molecule has 1 aromatic heterocycles. The number of amides is 3. The van der Waals surface area contributed by atoms with Crippen LogP contribution >= 0.6 is 11.8 Å². The summed E-state index contributed by atoms with van der Waals surface area (Å²) < 4.78 is 11.6.